The molecule has 250 valence electrons. The predicted octanol–water partition coefficient (Wildman–Crippen LogP) is 5.62. The highest BCUT2D eigenvalue weighted by Gasteiger charge is 2.75. The quantitative estimate of drug-likeness (QED) is 0.189. The number of urea groups is 1. The number of hydrogen-bond acceptors (Lipinski definition) is 7. The van der Waals surface area contributed by atoms with Crippen molar-refractivity contribution in [2.45, 2.75) is 88.1 Å². The number of epoxide rings is 1. The van der Waals surface area contributed by atoms with Crippen LogP contribution >= 0.6 is 0 Å². The van der Waals surface area contributed by atoms with E-state index >= 15 is 0 Å². The van der Waals surface area contributed by atoms with E-state index in [0.717, 1.165) is 17.7 Å². The largest absolute Gasteiger partial charge is 0.494 e. The molecule has 3 aliphatic heterocycles. The molecule has 9 nitrogen and oxygen atoms in total. The highest BCUT2D eigenvalue weighted by Crippen LogP contribution is 2.58. The molecule has 1 aromatic carbocycles. The van der Waals surface area contributed by atoms with Gasteiger partial charge in [-0.3, -0.25) is 4.90 Å². The molecule has 2 saturated heterocycles. The molecule has 45 heavy (non-hydrogen) atoms. The van der Waals surface area contributed by atoms with Gasteiger partial charge in [0, 0.05) is 31.2 Å². The Bertz CT molecular complexity index is 1360. The minimum absolute atomic E-state index is 0.0565. The molecular weight excluding hydrogens is 614 g/mol. The van der Waals surface area contributed by atoms with Crippen molar-refractivity contribution in [1.82, 2.24) is 10.2 Å². The van der Waals surface area contributed by atoms with Gasteiger partial charge >= 0.3 is 18.4 Å². The molecule has 0 aromatic heterocycles. The van der Waals surface area contributed by atoms with Crippen LogP contribution < -0.4 is 10.1 Å². The first-order valence-corrected chi connectivity index (χ1v) is 14.5. The van der Waals surface area contributed by atoms with E-state index < -0.39 is 48.0 Å². The smallest absolute Gasteiger partial charge is 0.430 e. The highest BCUT2D eigenvalue weighted by atomic mass is 19.4. The number of methoxy groups -OCH3 is 3. The Labute approximate surface area is 256 Å². The summed E-state index contributed by atoms with van der Waals surface area (Å²) in [5, 5.41) is 3.05. The van der Waals surface area contributed by atoms with E-state index in [9.17, 15) is 31.1 Å². The van der Waals surface area contributed by atoms with Crippen LogP contribution in [0.2, 0.25) is 0 Å². The summed E-state index contributed by atoms with van der Waals surface area (Å²) < 4.78 is 116. The first-order chi connectivity index (χ1) is 21.2. The maximum Gasteiger partial charge on any atom is 0.430 e. The molecule has 3 unspecified atom stereocenters. The van der Waals surface area contributed by atoms with E-state index in [1.54, 1.807) is 14.0 Å². The maximum absolute atomic E-state index is 13.8. The van der Waals surface area contributed by atoms with E-state index in [-0.39, 0.29) is 48.6 Å². The summed E-state index contributed by atoms with van der Waals surface area (Å²) in [7, 11) is 4.60. The van der Waals surface area contributed by atoms with Gasteiger partial charge in [-0.1, -0.05) is 19.4 Å². The summed E-state index contributed by atoms with van der Waals surface area (Å²) in [6.45, 7) is 3.09. The summed E-state index contributed by atoms with van der Waals surface area (Å²) in [6, 6.07) is 1.56. The number of rotatable bonds is 11. The average Bonchev–Trinajstić information content (AvgIpc) is 3.67. The summed E-state index contributed by atoms with van der Waals surface area (Å²) in [4.78, 5) is 14.8. The third kappa shape index (κ3) is 5.39. The van der Waals surface area contributed by atoms with Crippen molar-refractivity contribution >= 4 is 6.03 Å². The Kier molecular flexibility index (Phi) is 8.77. The molecule has 0 bridgehead atoms. The molecule has 15 heteroatoms. The van der Waals surface area contributed by atoms with Gasteiger partial charge in [0.25, 0.3) is 5.60 Å². The summed E-state index contributed by atoms with van der Waals surface area (Å²) in [5.74, 6) is 1.22. The molecule has 4 atom stereocenters. The van der Waals surface area contributed by atoms with Crippen molar-refractivity contribution in [2.24, 2.45) is 0 Å². The van der Waals surface area contributed by atoms with Crippen LogP contribution in [-0.4, -0.2) is 81.7 Å². The number of benzene rings is 1. The highest BCUT2D eigenvalue weighted by molar-refractivity contribution is 5.78. The van der Waals surface area contributed by atoms with Gasteiger partial charge in [-0.2, -0.15) is 26.3 Å². The Morgan fingerprint density at radius 1 is 1.09 bits per heavy atom. The lowest BCUT2D eigenvalue weighted by Crippen LogP contribution is -2.62. The molecular formula is C30H36F6N2O7. The van der Waals surface area contributed by atoms with E-state index in [0.29, 0.717) is 30.8 Å². The minimum atomic E-state index is -5.70. The monoisotopic (exact) mass is 650 g/mol. The van der Waals surface area contributed by atoms with Gasteiger partial charge in [0.2, 0.25) is 0 Å². The molecule has 1 N–H and O–H groups in total. The van der Waals surface area contributed by atoms with E-state index in [4.69, 9.17) is 23.7 Å². The summed E-state index contributed by atoms with van der Waals surface area (Å²) in [6.07, 6.45) is -9.41. The zero-order valence-electron chi connectivity index (χ0n) is 25.5. The van der Waals surface area contributed by atoms with Crippen LogP contribution in [0.4, 0.5) is 31.1 Å². The number of nitrogens with one attached hydrogen (secondary N) is 1. The number of allylic oxidation sites excluding steroid dienone is 1. The number of nitrogens with zero attached hydrogens (tertiary/aromatic N) is 1. The Morgan fingerprint density at radius 2 is 1.80 bits per heavy atom. The lowest BCUT2D eigenvalue weighted by Gasteiger charge is -2.40. The summed E-state index contributed by atoms with van der Waals surface area (Å²) >= 11 is 0. The number of alkyl halides is 6. The SMILES string of the molecule is CCCc1c(OCCCN2C(=O)NC(C)(C3=CC(OC)=C(OC)C(OC)C3)[C@H]3OC32)ccc2c1COC2(C(F)(F)F)C(F)(F)F. The fourth-order valence-corrected chi connectivity index (χ4v) is 6.55. The Balaban J connectivity index is 1.25. The zero-order chi connectivity index (χ0) is 32.9. The second-order valence-corrected chi connectivity index (χ2v) is 11.5. The third-order valence-electron chi connectivity index (χ3n) is 8.91. The van der Waals surface area contributed by atoms with Crippen molar-refractivity contribution in [3.05, 3.63) is 52.0 Å². The molecule has 4 aliphatic rings. The minimum Gasteiger partial charge on any atom is -0.494 e. The fourth-order valence-electron chi connectivity index (χ4n) is 6.55. The first kappa shape index (κ1) is 33.2. The Morgan fingerprint density at radius 3 is 2.40 bits per heavy atom. The van der Waals surface area contributed by atoms with Crippen LogP contribution in [0.15, 0.2) is 35.3 Å². The molecule has 0 saturated carbocycles. The van der Waals surface area contributed by atoms with Gasteiger partial charge in [0.05, 0.1) is 33.0 Å². The molecule has 1 aromatic rings. The normalized spacial score (nSPS) is 27.4. The van der Waals surface area contributed by atoms with E-state index in [1.807, 2.05) is 13.0 Å². The number of halogens is 6. The molecule has 1 aliphatic carbocycles. The standard InChI is InChI=1S/C30H36F6N2O7/c1-6-8-17-18-15-44-28(29(31,32)33,30(34,35)36)19(18)9-10-20(17)43-12-7-11-38-25-24(45-25)27(2,37-26(38)39)16-13-21(40-3)23(42-5)22(14-16)41-4/h9-10,13,22,24-25H,6-8,11-12,14-15H2,1-5H3,(H,37,39)/t22?,24-,25?,27?/m0/s1. The van der Waals surface area contributed by atoms with Gasteiger partial charge in [-0.05, 0) is 43.0 Å². The van der Waals surface area contributed by atoms with Crippen LogP contribution in [0.25, 0.3) is 0 Å². The van der Waals surface area contributed by atoms with Crippen LogP contribution in [0.1, 0.15) is 49.8 Å². The topological polar surface area (TPSA) is 91.0 Å². The molecule has 3 heterocycles. The zero-order valence-corrected chi connectivity index (χ0v) is 25.5. The predicted molar refractivity (Wildman–Crippen MR) is 146 cm³/mol. The van der Waals surface area contributed by atoms with Crippen LogP contribution in [-0.2, 0) is 42.3 Å². The second-order valence-electron chi connectivity index (χ2n) is 11.5. The van der Waals surface area contributed by atoms with E-state index in [2.05, 4.69) is 10.1 Å². The lowest BCUT2D eigenvalue weighted by atomic mass is 9.80. The Hall–Kier alpha value is -3.17. The van der Waals surface area contributed by atoms with Crippen LogP contribution in [0.3, 0.4) is 0 Å². The number of hydrogen-bond donors (Lipinski definition) is 1. The number of amides is 2. The van der Waals surface area contributed by atoms with Crippen molar-refractivity contribution in [1.29, 1.82) is 0 Å². The molecule has 2 amide bonds. The molecule has 5 rings (SSSR count). The van der Waals surface area contributed by atoms with Gasteiger partial charge in [-0.15, -0.1) is 0 Å². The third-order valence-corrected chi connectivity index (χ3v) is 8.91. The lowest BCUT2D eigenvalue weighted by molar-refractivity contribution is -0.385. The second kappa shape index (κ2) is 11.9. The molecule has 0 spiro atoms. The van der Waals surface area contributed by atoms with E-state index in [1.165, 1.54) is 19.1 Å². The fraction of sp³-hybridized carbons (Fsp3) is 0.633. The number of carbonyl (C=O) groups is 1. The number of fused-ring (bicyclic) bond motifs is 2. The van der Waals surface area contributed by atoms with Crippen LogP contribution in [0.5, 0.6) is 5.75 Å². The van der Waals surface area contributed by atoms with Crippen LogP contribution in [0, 0.1) is 0 Å². The first-order valence-electron chi connectivity index (χ1n) is 14.5. The maximum atomic E-state index is 13.8. The van der Waals surface area contributed by atoms with Crippen molar-refractivity contribution in [2.75, 3.05) is 34.5 Å². The van der Waals surface area contributed by atoms with Crippen molar-refractivity contribution in [3.8, 4) is 5.75 Å². The average molecular weight is 651 g/mol. The van der Waals surface area contributed by atoms with Crippen molar-refractivity contribution in [3.63, 3.8) is 0 Å². The van der Waals surface area contributed by atoms with Gasteiger partial charge in [0.15, 0.2) is 17.7 Å². The van der Waals surface area contributed by atoms with Crippen molar-refractivity contribution < 1.29 is 59.6 Å². The summed E-state index contributed by atoms with van der Waals surface area (Å²) in [5.41, 5.74) is -5.25. The number of ether oxygens (including phenoxy) is 6. The molecule has 2 fully saturated rings. The number of carbonyl (C=O) groups excluding carboxylic acids is 1. The van der Waals surface area contributed by atoms with Gasteiger partial charge < -0.3 is 33.7 Å². The molecule has 0 radical (unpaired) electrons. The van der Waals surface area contributed by atoms with Gasteiger partial charge in [0.1, 0.15) is 18.0 Å². The van der Waals surface area contributed by atoms with Gasteiger partial charge in [-0.25, -0.2) is 4.79 Å².